The molecule has 0 N–H and O–H groups in total. The number of carbonyl (C=O) groups is 1. The number of methoxy groups -OCH3 is 1. The fourth-order valence-electron chi connectivity index (χ4n) is 1.35. The summed E-state index contributed by atoms with van der Waals surface area (Å²) in [4.78, 5) is 13.4. The van der Waals surface area contributed by atoms with Crippen molar-refractivity contribution in [3.63, 3.8) is 0 Å². The summed E-state index contributed by atoms with van der Waals surface area (Å²) in [5.74, 6) is -0.187. The van der Waals surface area contributed by atoms with Gasteiger partial charge in [-0.15, -0.1) is 0 Å². The standard InChI is InChI=1S/C13H23NO2/c1-10(2)7-8-11(3)9-12(14(4)5)13(15)16-6/h8,12H,1,7,9H2,2-6H3. The molecule has 0 heterocycles. The molecule has 0 aliphatic heterocycles. The molecule has 1 atom stereocenters. The van der Waals surface area contributed by atoms with Crippen molar-refractivity contribution in [2.75, 3.05) is 21.2 Å². The van der Waals surface area contributed by atoms with E-state index in [0.717, 1.165) is 12.0 Å². The lowest BCUT2D eigenvalue weighted by Gasteiger charge is -2.21. The normalized spacial score (nSPS) is 13.8. The van der Waals surface area contributed by atoms with Crippen LogP contribution in [0.5, 0.6) is 0 Å². The van der Waals surface area contributed by atoms with Gasteiger partial charge in [0.15, 0.2) is 0 Å². The molecule has 0 spiro atoms. The maximum atomic E-state index is 11.5. The van der Waals surface area contributed by atoms with Crippen LogP contribution in [0, 0.1) is 0 Å². The Morgan fingerprint density at radius 2 is 2.00 bits per heavy atom. The molecule has 16 heavy (non-hydrogen) atoms. The van der Waals surface area contributed by atoms with E-state index in [0.29, 0.717) is 6.42 Å². The predicted molar refractivity (Wildman–Crippen MR) is 67.3 cm³/mol. The second kappa shape index (κ2) is 7.23. The molecule has 0 aromatic rings. The molecule has 1 unspecified atom stereocenters. The number of allylic oxidation sites excluding steroid dienone is 2. The Hall–Kier alpha value is -1.09. The first-order valence-electron chi connectivity index (χ1n) is 5.42. The summed E-state index contributed by atoms with van der Waals surface area (Å²) in [5.41, 5.74) is 2.31. The third-order valence-electron chi connectivity index (χ3n) is 2.41. The van der Waals surface area contributed by atoms with Gasteiger partial charge in [-0.1, -0.05) is 23.8 Å². The first-order chi connectivity index (χ1) is 7.38. The van der Waals surface area contributed by atoms with E-state index in [4.69, 9.17) is 4.74 Å². The quantitative estimate of drug-likeness (QED) is 0.513. The van der Waals surface area contributed by atoms with Crippen molar-refractivity contribution in [2.45, 2.75) is 32.7 Å². The Labute approximate surface area is 98.8 Å². The Kier molecular flexibility index (Phi) is 6.74. The fraction of sp³-hybridized carbons (Fsp3) is 0.615. The van der Waals surface area contributed by atoms with Crippen LogP contribution < -0.4 is 0 Å². The van der Waals surface area contributed by atoms with Gasteiger partial charge in [-0.3, -0.25) is 9.69 Å². The minimum atomic E-state index is -0.202. The molecule has 3 nitrogen and oxygen atoms in total. The second-order valence-electron chi connectivity index (χ2n) is 4.42. The van der Waals surface area contributed by atoms with E-state index >= 15 is 0 Å². The lowest BCUT2D eigenvalue weighted by molar-refractivity contribution is -0.145. The minimum Gasteiger partial charge on any atom is -0.468 e. The SMILES string of the molecule is C=C(C)CC=C(C)CC(C(=O)OC)N(C)C. The van der Waals surface area contributed by atoms with Gasteiger partial charge in [0.2, 0.25) is 0 Å². The number of hydrogen-bond acceptors (Lipinski definition) is 3. The zero-order valence-corrected chi connectivity index (χ0v) is 11.0. The van der Waals surface area contributed by atoms with Gasteiger partial charge in [-0.2, -0.15) is 0 Å². The van der Waals surface area contributed by atoms with E-state index in [1.54, 1.807) is 0 Å². The van der Waals surface area contributed by atoms with E-state index in [2.05, 4.69) is 12.7 Å². The molecule has 0 saturated heterocycles. The number of hydrogen-bond donors (Lipinski definition) is 0. The lowest BCUT2D eigenvalue weighted by atomic mass is 10.0. The maximum Gasteiger partial charge on any atom is 0.323 e. The highest BCUT2D eigenvalue weighted by atomic mass is 16.5. The number of likely N-dealkylation sites (N-methyl/N-ethyl adjacent to an activating group) is 1. The van der Waals surface area contributed by atoms with Gasteiger partial charge in [-0.25, -0.2) is 0 Å². The monoisotopic (exact) mass is 225 g/mol. The van der Waals surface area contributed by atoms with Gasteiger partial charge in [0.05, 0.1) is 7.11 Å². The van der Waals surface area contributed by atoms with Crippen LogP contribution in [0.4, 0.5) is 0 Å². The van der Waals surface area contributed by atoms with E-state index < -0.39 is 0 Å². The predicted octanol–water partition coefficient (Wildman–Crippen LogP) is 2.39. The number of rotatable bonds is 6. The third-order valence-corrected chi connectivity index (χ3v) is 2.41. The van der Waals surface area contributed by atoms with Crippen molar-refractivity contribution < 1.29 is 9.53 Å². The van der Waals surface area contributed by atoms with Crippen molar-refractivity contribution in [3.8, 4) is 0 Å². The van der Waals surface area contributed by atoms with E-state index in [-0.39, 0.29) is 12.0 Å². The van der Waals surface area contributed by atoms with Gasteiger partial charge >= 0.3 is 5.97 Å². The van der Waals surface area contributed by atoms with E-state index in [9.17, 15) is 4.79 Å². The van der Waals surface area contributed by atoms with Crippen LogP contribution >= 0.6 is 0 Å². The topological polar surface area (TPSA) is 29.5 Å². The third kappa shape index (κ3) is 5.71. The Balaban J connectivity index is 4.45. The zero-order valence-electron chi connectivity index (χ0n) is 11.0. The highest BCUT2D eigenvalue weighted by molar-refractivity contribution is 5.75. The van der Waals surface area contributed by atoms with Crippen LogP contribution in [0.25, 0.3) is 0 Å². The maximum absolute atomic E-state index is 11.5. The molecule has 0 aliphatic carbocycles. The Bertz CT molecular complexity index is 280. The molecule has 3 heteroatoms. The summed E-state index contributed by atoms with van der Waals surface area (Å²) in [6, 6.07) is -0.202. The molecule has 0 saturated carbocycles. The molecule has 0 aliphatic rings. The van der Waals surface area contributed by atoms with Crippen LogP contribution in [-0.2, 0) is 9.53 Å². The summed E-state index contributed by atoms with van der Waals surface area (Å²) in [5, 5.41) is 0. The highest BCUT2D eigenvalue weighted by Gasteiger charge is 2.21. The average molecular weight is 225 g/mol. The summed E-state index contributed by atoms with van der Waals surface area (Å²) in [7, 11) is 5.19. The number of nitrogens with zero attached hydrogens (tertiary/aromatic N) is 1. The Morgan fingerprint density at radius 1 is 1.44 bits per heavy atom. The number of carbonyl (C=O) groups excluding carboxylic acids is 1. The molecule has 0 fully saturated rings. The van der Waals surface area contributed by atoms with Crippen LogP contribution in [0.3, 0.4) is 0 Å². The molecule has 0 radical (unpaired) electrons. The van der Waals surface area contributed by atoms with Gasteiger partial charge in [0.25, 0.3) is 0 Å². The van der Waals surface area contributed by atoms with E-state index in [1.165, 1.54) is 12.7 Å². The number of ether oxygens (including phenoxy) is 1. The summed E-state index contributed by atoms with van der Waals surface area (Å²) >= 11 is 0. The largest absolute Gasteiger partial charge is 0.468 e. The molecular weight excluding hydrogens is 202 g/mol. The van der Waals surface area contributed by atoms with Crippen LogP contribution in [0.1, 0.15) is 26.7 Å². The van der Waals surface area contributed by atoms with Crippen molar-refractivity contribution in [1.29, 1.82) is 0 Å². The second-order valence-corrected chi connectivity index (χ2v) is 4.42. The molecule has 0 rings (SSSR count). The summed E-state index contributed by atoms with van der Waals surface area (Å²) in [6.07, 6.45) is 3.68. The van der Waals surface area contributed by atoms with Crippen molar-refractivity contribution in [1.82, 2.24) is 4.90 Å². The minimum absolute atomic E-state index is 0.187. The van der Waals surface area contributed by atoms with Crippen LogP contribution in [0.2, 0.25) is 0 Å². The van der Waals surface area contributed by atoms with Crippen molar-refractivity contribution in [2.24, 2.45) is 0 Å². The van der Waals surface area contributed by atoms with Gasteiger partial charge in [0.1, 0.15) is 6.04 Å². The summed E-state index contributed by atoms with van der Waals surface area (Å²) < 4.78 is 4.77. The average Bonchev–Trinajstić information content (AvgIpc) is 2.21. The number of esters is 1. The van der Waals surface area contributed by atoms with Crippen LogP contribution in [-0.4, -0.2) is 38.1 Å². The van der Waals surface area contributed by atoms with Gasteiger partial charge < -0.3 is 4.74 Å². The Morgan fingerprint density at radius 3 is 2.38 bits per heavy atom. The summed E-state index contributed by atoms with van der Waals surface area (Å²) in [6.45, 7) is 7.87. The highest BCUT2D eigenvalue weighted by Crippen LogP contribution is 2.12. The zero-order chi connectivity index (χ0) is 12.7. The molecule has 0 aromatic carbocycles. The van der Waals surface area contributed by atoms with Crippen molar-refractivity contribution >= 4 is 5.97 Å². The van der Waals surface area contributed by atoms with Gasteiger partial charge in [-0.05, 0) is 40.8 Å². The lowest BCUT2D eigenvalue weighted by Crippen LogP contribution is -2.36. The van der Waals surface area contributed by atoms with Crippen molar-refractivity contribution in [3.05, 3.63) is 23.8 Å². The first kappa shape index (κ1) is 14.9. The molecule has 92 valence electrons. The molecule has 0 aromatic heterocycles. The molecular formula is C13H23NO2. The fourth-order valence-corrected chi connectivity index (χ4v) is 1.35. The molecule has 0 bridgehead atoms. The molecule has 0 amide bonds. The van der Waals surface area contributed by atoms with Gasteiger partial charge in [0, 0.05) is 0 Å². The van der Waals surface area contributed by atoms with Crippen LogP contribution in [0.15, 0.2) is 23.8 Å². The van der Waals surface area contributed by atoms with E-state index in [1.807, 2.05) is 32.8 Å². The first-order valence-corrected chi connectivity index (χ1v) is 5.42. The smallest absolute Gasteiger partial charge is 0.323 e.